The summed E-state index contributed by atoms with van der Waals surface area (Å²) in [7, 11) is 0. The molecule has 1 saturated carbocycles. The largest absolute Gasteiger partial charge is 0.394 e. The highest BCUT2D eigenvalue weighted by Crippen LogP contribution is 2.25. The number of nitrogens with one attached hydrogen (secondary N) is 1. The van der Waals surface area contributed by atoms with Crippen molar-refractivity contribution >= 4 is 11.8 Å². The average molecular weight is 267 g/mol. The highest BCUT2D eigenvalue weighted by molar-refractivity contribution is 7.99. The van der Waals surface area contributed by atoms with Crippen LogP contribution in [0.4, 0.5) is 0 Å². The van der Waals surface area contributed by atoms with E-state index in [9.17, 15) is 5.11 Å². The topological polar surface area (TPSA) is 58.0 Å². The average Bonchev–Trinajstić information content (AvgIpc) is 3.20. The number of thioether (sulfide) groups is 1. The van der Waals surface area contributed by atoms with Gasteiger partial charge in [-0.2, -0.15) is 0 Å². The second-order valence-corrected chi connectivity index (χ2v) is 6.18. The van der Waals surface area contributed by atoms with Crippen molar-refractivity contribution in [3.63, 3.8) is 0 Å². The molecule has 0 spiro atoms. The Balaban J connectivity index is 1.67. The summed E-state index contributed by atoms with van der Waals surface area (Å²) in [4.78, 5) is 8.36. The maximum atomic E-state index is 9.48. The van der Waals surface area contributed by atoms with E-state index in [0.29, 0.717) is 6.04 Å². The molecule has 0 saturated heterocycles. The standard InChI is InChI=1S/C13H21N3OS/c1-13(10-17,16-11-4-5-11)6-2-9-18-12-14-7-3-8-15-12/h3,7-8,11,16-17H,2,4-6,9-10H2,1H3. The van der Waals surface area contributed by atoms with Crippen LogP contribution in [0.3, 0.4) is 0 Å². The fourth-order valence-electron chi connectivity index (χ4n) is 1.90. The van der Waals surface area contributed by atoms with E-state index in [1.807, 2.05) is 6.07 Å². The van der Waals surface area contributed by atoms with Gasteiger partial charge in [-0.1, -0.05) is 11.8 Å². The van der Waals surface area contributed by atoms with Gasteiger partial charge >= 0.3 is 0 Å². The summed E-state index contributed by atoms with van der Waals surface area (Å²) in [6.45, 7) is 2.31. The first-order valence-electron chi connectivity index (χ1n) is 6.50. The first-order chi connectivity index (χ1) is 8.72. The van der Waals surface area contributed by atoms with Gasteiger partial charge in [0.15, 0.2) is 5.16 Å². The van der Waals surface area contributed by atoms with Gasteiger partial charge in [-0.3, -0.25) is 0 Å². The molecule has 1 aliphatic rings. The number of aromatic nitrogens is 2. The normalized spacial score (nSPS) is 18.6. The zero-order valence-corrected chi connectivity index (χ0v) is 11.6. The Bertz CT molecular complexity index is 359. The van der Waals surface area contributed by atoms with Crippen LogP contribution in [0, 0.1) is 0 Å². The SMILES string of the molecule is CC(CO)(CCCSc1ncccn1)NC1CC1. The molecule has 1 atom stereocenters. The molecule has 1 aliphatic carbocycles. The molecule has 2 rings (SSSR count). The van der Waals surface area contributed by atoms with Crippen LogP contribution in [0.2, 0.25) is 0 Å². The molecule has 1 heterocycles. The van der Waals surface area contributed by atoms with E-state index in [2.05, 4.69) is 22.2 Å². The summed E-state index contributed by atoms with van der Waals surface area (Å²) >= 11 is 1.67. The Hall–Kier alpha value is -0.650. The van der Waals surface area contributed by atoms with Crippen molar-refractivity contribution < 1.29 is 5.11 Å². The van der Waals surface area contributed by atoms with Gasteiger partial charge in [0, 0.05) is 29.7 Å². The van der Waals surface area contributed by atoms with Crippen LogP contribution >= 0.6 is 11.8 Å². The van der Waals surface area contributed by atoms with E-state index in [-0.39, 0.29) is 12.1 Å². The van der Waals surface area contributed by atoms with Gasteiger partial charge in [0.1, 0.15) is 0 Å². The second-order valence-electron chi connectivity index (χ2n) is 5.12. The first kappa shape index (κ1) is 13.8. The van der Waals surface area contributed by atoms with Gasteiger partial charge in [-0.25, -0.2) is 9.97 Å². The van der Waals surface area contributed by atoms with Crippen molar-refractivity contribution in [1.29, 1.82) is 0 Å². The number of aliphatic hydroxyl groups excluding tert-OH is 1. The summed E-state index contributed by atoms with van der Waals surface area (Å²) < 4.78 is 0. The third kappa shape index (κ3) is 4.55. The molecule has 1 aromatic rings. The Kier molecular flexibility index (Phi) is 4.97. The minimum absolute atomic E-state index is 0.126. The van der Waals surface area contributed by atoms with Crippen molar-refractivity contribution in [2.45, 2.75) is 49.3 Å². The Morgan fingerprint density at radius 1 is 1.44 bits per heavy atom. The van der Waals surface area contributed by atoms with Crippen LogP contribution < -0.4 is 5.32 Å². The van der Waals surface area contributed by atoms with Gasteiger partial charge in [-0.15, -0.1) is 0 Å². The maximum absolute atomic E-state index is 9.48. The fraction of sp³-hybridized carbons (Fsp3) is 0.692. The Labute approximate surface area is 113 Å². The van der Waals surface area contributed by atoms with E-state index >= 15 is 0 Å². The fourth-order valence-corrected chi connectivity index (χ4v) is 2.65. The van der Waals surface area contributed by atoms with Crippen LogP contribution in [0.1, 0.15) is 32.6 Å². The van der Waals surface area contributed by atoms with Crippen molar-refractivity contribution in [3.05, 3.63) is 18.5 Å². The van der Waals surface area contributed by atoms with E-state index < -0.39 is 0 Å². The van der Waals surface area contributed by atoms with E-state index in [4.69, 9.17) is 0 Å². The molecule has 1 fully saturated rings. The minimum Gasteiger partial charge on any atom is -0.394 e. The quantitative estimate of drug-likeness (QED) is 0.428. The van der Waals surface area contributed by atoms with Crippen molar-refractivity contribution in [2.75, 3.05) is 12.4 Å². The first-order valence-corrected chi connectivity index (χ1v) is 7.49. The number of rotatable bonds is 8. The lowest BCUT2D eigenvalue weighted by atomic mass is 9.97. The lowest BCUT2D eigenvalue weighted by molar-refractivity contribution is 0.163. The molecule has 4 nitrogen and oxygen atoms in total. The molecule has 18 heavy (non-hydrogen) atoms. The monoisotopic (exact) mass is 267 g/mol. The van der Waals surface area contributed by atoms with Crippen LogP contribution in [-0.4, -0.2) is 39.0 Å². The molecule has 1 aromatic heterocycles. The van der Waals surface area contributed by atoms with Gasteiger partial charge in [0.05, 0.1) is 6.61 Å². The molecule has 1 unspecified atom stereocenters. The third-order valence-corrected chi connectivity index (χ3v) is 4.09. The van der Waals surface area contributed by atoms with Crippen molar-refractivity contribution in [3.8, 4) is 0 Å². The summed E-state index contributed by atoms with van der Waals surface area (Å²) in [5.41, 5.74) is -0.126. The molecule has 0 bridgehead atoms. The molecule has 0 amide bonds. The van der Waals surface area contributed by atoms with Gasteiger partial charge in [0.25, 0.3) is 0 Å². The van der Waals surface area contributed by atoms with Gasteiger partial charge < -0.3 is 10.4 Å². The number of aliphatic hydroxyl groups is 1. The lowest BCUT2D eigenvalue weighted by Gasteiger charge is -2.29. The number of hydrogen-bond donors (Lipinski definition) is 2. The third-order valence-electron chi connectivity index (χ3n) is 3.13. The zero-order valence-electron chi connectivity index (χ0n) is 10.8. The highest BCUT2D eigenvalue weighted by Gasteiger charge is 2.31. The van der Waals surface area contributed by atoms with E-state index in [1.165, 1.54) is 12.8 Å². The summed E-state index contributed by atoms with van der Waals surface area (Å²) in [5.74, 6) is 0.992. The van der Waals surface area contributed by atoms with E-state index in [0.717, 1.165) is 23.8 Å². The molecule has 0 aliphatic heterocycles. The predicted molar refractivity (Wildman–Crippen MR) is 73.6 cm³/mol. The van der Waals surface area contributed by atoms with Crippen molar-refractivity contribution in [2.24, 2.45) is 0 Å². The summed E-state index contributed by atoms with van der Waals surface area (Å²) in [6, 6.07) is 2.46. The predicted octanol–water partition coefficient (Wildman–Crippen LogP) is 1.85. The Morgan fingerprint density at radius 2 is 2.17 bits per heavy atom. The summed E-state index contributed by atoms with van der Waals surface area (Å²) in [6.07, 6.45) is 8.08. The molecular weight excluding hydrogens is 246 g/mol. The van der Waals surface area contributed by atoms with Crippen LogP contribution in [-0.2, 0) is 0 Å². The summed E-state index contributed by atoms with van der Waals surface area (Å²) in [5, 5.41) is 13.8. The molecule has 2 N–H and O–H groups in total. The Morgan fingerprint density at radius 3 is 2.78 bits per heavy atom. The second kappa shape index (κ2) is 6.50. The minimum atomic E-state index is -0.126. The number of hydrogen-bond acceptors (Lipinski definition) is 5. The van der Waals surface area contributed by atoms with Gasteiger partial charge in [-0.05, 0) is 38.7 Å². The lowest BCUT2D eigenvalue weighted by Crippen LogP contribution is -2.46. The molecular formula is C13H21N3OS. The molecule has 0 aromatic carbocycles. The van der Waals surface area contributed by atoms with Gasteiger partial charge in [0.2, 0.25) is 0 Å². The van der Waals surface area contributed by atoms with Crippen LogP contribution in [0.15, 0.2) is 23.6 Å². The van der Waals surface area contributed by atoms with E-state index in [1.54, 1.807) is 24.2 Å². The maximum Gasteiger partial charge on any atom is 0.187 e. The highest BCUT2D eigenvalue weighted by atomic mass is 32.2. The zero-order chi connectivity index (χ0) is 12.8. The molecule has 0 radical (unpaired) electrons. The smallest absolute Gasteiger partial charge is 0.187 e. The van der Waals surface area contributed by atoms with Crippen molar-refractivity contribution in [1.82, 2.24) is 15.3 Å². The molecule has 100 valence electrons. The number of nitrogens with zero attached hydrogens (tertiary/aromatic N) is 2. The van der Waals surface area contributed by atoms with Crippen LogP contribution in [0.25, 0.3) is 0 Å². The molecule has 5 heteroatoms. The van der Waals surface area contributed by atoms with Crippen LogP contribution in [0.5, 0.6) is 0 Å².